The summed E-state index contributed by atoms with van der Waals surface area (Å²) >= 11 is 4.08. The number of ether oxygens (including phenoxy) is 1. The van der Waals surface area contributed by atoms with Gasteiger partial charge in [-0.2, -0.15) is 0 Å². The Kier molecular flexibility index (Phi) is 2.77. The number of rotatable bonds is 2. The average Bonchev–Trinajstić information content (AvgIpc) is 2.69. The van der Waals surface area contributed by atoms with Gasteiger partial charge < -0.3 is 14.3 Å². The molecule has 0 spiro atoms. The highest BCUT2D eigenvalue weighted by atomic mass is 32.1. The summed E-state index contributed by atoms with van der Waals surface area (Å²) in [6.45, 7) is 5.12. The molecule has 0 atom stereocenters. The zero-order valence-corrected chi connectivity index (χ0v) is 11.0. The molecular weight excluding hydrogens is 256 g/mol. The fraction of sp³-hybridized carbons (Fsp3) is 0.333. The van der Waals surface area contributed by atoms with Crippen molar-refractivity contribution < 1.29 is 23.8 Å². The Morgan fingerprint density at radius 2 is 1.94 bits per heavy atom. The normalized spacial score (nSPS) is 12.0. The van der Waals surface area contributed by atoms with E-state index in [-0.39, 0.29) is 22.3 Å². The lowest BCUT2D eigenvalue weighted by Gasteiger charge is -2.19. The summed E-state index contributed by atoms with van der Waals surface area (Å²) < 4.78 is 10.4. The molecule has 1 N–H and O–H groups in total. The summed E-state index contributed by atoms with van der Waals surface area (Å²) in [7, 11) is 0. The van der Waals surface area contributed by atoms with Gasteiger partial charge in [0.25, 0.3) is 0 Å². The maximum atomic E-state index is 12.0. The number of carboxylic acids is 1. The highest BCUT2D eigenvalue weighted by Gasteiger charge is 2.32. The summed E-state index contributed by atoms with van der Waals surface area (Å²) in [4.78, 5) is 23.5. The largest absolute Gasteiger partial charge is 0.478 e. The van der Waals surface area contributed by atoms with Gasteiger partial charge in [-0.3, -0.25) is 0 Å². The number of benzene rings is 1. The van der Waals surface area contributed by atoms with Gasteiger partial charge in [0.05, 0.1) is 4.90 Å². The molecule has 2 rings (SSSR count). The molecule has 0 radical (unpaired) electrons. The number of carboxylic acid groups (broad SMARTS) is 1. The topological polar surface area (TPSA) is 76.7 Å². The molecule has 0 amide bonds. The second-order valence-electron chi connectivity index (χ2n) is 4.88. The van der Waals surface area contributed by atoms with Crippen molar-refractivity contribution in [3.63, 3.8) is 0 Å². The Morgan fingerprint density at radius 3 is 2.44 bits per heavy atom. The number of hydrogen-bond donors (Lipinski definition) is 2. The molecule has 0 saturated heterocycles. The molecule has 5 nitrogen and oxygen atoms in total. The van der Waals surface area contributed by atoms with E-state index in [0.29, 0.717) is 4.90 Å². The first kappa shape index (κ1) is 12.8. The monoisotopic (exact) mass is 268 g/mol. The van der Waals surface area contributed by atoms with Gasteiger partial charge in [0.1, 0.15) is 22.3 Å². The highest BCUT2D eigenvalue weighted by molar-refractivity contribution is 7.80. The van der Waals surface area contributed by atoms with E-state index < -0.39 is 17.5 Å². The van der Waals surface area contributed by atoms with Gasteiger partial charge in [0.15, 0.2) is 5.58 Å². The van der Waals surface area contributed by atoms with E-state index >= 15 is 0 Å². The third-order valence-corrected chi connectivity index (χ3v) is 2.58. The van der Waals surface area contributed by atoms with Crippen LogP contribution in [0, 0.1) is 0 Å². The maximum Gasteiger partial charge on any atom is 0.343 e. The zero-order chi connectivity index (χ0) is 13.7. The minimum absolute atomic E-state index is 0.0507. The van der Waals surface area contributed by atoms with E-state index in [4.69, 9.17) is 14.3 Å². The van der Waals surface area contributed by atoms with E-state index in [2.05, 4.69) is 12.6 Å². The van der Waals surface area contributed by atoms with Crippen LogP contribution in [0.3, 0.4) is 0 Å². The van der Waals surface area contributed by atoms with E-state index in [1.54, 1.807) is 20.8 Å². The molecule has 0 aliphatic carbocycles. The second-order valence-corrected chi connectivity index (χ2v) is 5.36. The van der Waals surface area contributed by atoms with Crippen LogP contribution in [0.25, 0.3) is 11.2 Å². The highest BCUT2D eigenvalue weighted by Crippen LogP contribution is 2.35. The van der Waals surface area contributed by atoms with Crippen molar-refractivity contribution in [3.8, 4) is 0 Å². The molecule has 96 valence electrons. The molecule has 6 heteroatoms. The van der Waals surface area contributed by atoms with Gasteiger partial charge in [-0.05, 0) is 26.8 Å². The Bertz CT molecular complexity index is 620. The Morgan fingerprint density at radius 1 is 1.33 bits per heavy atom. The Hall–Kier alpha value is -1.69. The molecule has 18 heavy (non-hydrogen) atoms. The number of esters is 1. The standard InChI is InChI=1S/C12H12O5S/c1-12(2,3)17-11(15)7-5-4-6(18)9(16-5)8(7)10(13)14/h4,18H,1-3H3,(H,13,14). The smallest absolute Gasteiger partial charge is 0.343 e. The minimum atomic E-state index is -1.24. The summed E-state index contributed by atoms with van der Waals surface area (Å²) in [5.41, 5.74) is -0.658. The second kappa shape index (κ2) is 3.91. The third kappa shape index (κ3) is 2.03. The lowest BCUT2D eigenvalue weighted by atomic mass is 10.1. The first-order chi connectivity index (χ1) is 8.20. The Labute approximate surface area is 108 Å². The van der Waals surface area contributed by atoms with Crippen LogP contribution in [0.15, 0.2) is 15.4 Å². The average molecular weight is 268 g/mol. The molecule has 0 aromatic carbocycles. The number of hydrogen-bond acceptors (Lipinski definition) is 5. The lowest BCUT2D eigenvalue weighted by molar-refractivity contribution is 0.00682. The lowest BCUT2D eigenvalue weighted by Crippen LogP contribution is -2.25. The van der Waals surface area contributed by atoms with Gasteiger partial charge in [-0.25, -0.2) is 9.59 Å². The molecule has 2 bridgehead atoms. The van der Waals surface area contributed by atoms with E-state index in [1.807, 2.05) is 0 Å². The predicted octanol–water partition coefficient (Wildman–Crippen LogP) is 2.81. The SMILES string of the molecule is CC(C)(C)OC(=O)c1c(C(=O)O)c2oc1cc2S. The molecule has 2 aromatic heterocycles. The van der Waals surface area contributed by atoms with Crippen molar-refractivity contribution in [2.75, 3.05) is 0 Å². The molecular formula is C12H12O5S. The first-order valence-corrected chi connectivity index (χ1v) is 5.70. The van der Waals surface area contributed by atoms with Gasteiger partial charge in [0.2, 0.25) is 0 Å². The zero-order valence-electron chi connectivity index (χ0n) is 10.1. The van der Waals surface area contributed by atoms with Crippen LogP contribution in [0.2, 0.25) is 0 Å². The van der Waals surface area contributed by atoms with E-state index in [0.717, 1.165) is 0 Å². The fourth-order valence-corrected chi connectivity index (χ4v) is 1.93. The van der Waals surface area contributed by atoms with Crippen LogP contribution in [-0.4, -0.2) is 22.6 Å². The summed E-state index contributed by atoms with van der Waals surface area (Å²) in [5, 5.41) is 9.13. The van der Waals surface area contributed by atoms with Crippen LogP contribution >= 0.6 is 12.6 Å². The summed E-state index contributed by atoms with van der Waals surface area (Å²) in [5.74, 6) is -1.94. The first-order valence-electron chi connectivity index (χ1n) is 5.25. The van der Waals surface area contributed by atoms with Crippen LogP contribution in [0.5, 0.6) is 0 Å². The van der Waals surface area contributed by atoms with Gasteiger partial charge in [0, 0.05) is 0 Å². The van der Waals surface area contributed by atoms with Gasteiger partial charge in [-0.1, -0.05) is 0 Å². The number of carbonyl (C=O) groups is 2. The van der Waals surface area contributed by atoms with E-state index in [9.17, 15) is 9.59 Å². The van der Waals surface area contributed by atoms with Crippen molar-refractivity contribution >= 4 is 35.7 Å². The third-order valence-electron chi connectivity index (χ3n) is 2.25. The van der Waals surface area contributed by atoms with Crippen molar-refractivity contribution in [2.24, 2.45) is 0 Å². The van der Waals surface area contributed by atoms with Gasteiger partial charge in [-0.15, -0.1) is 12.6 Å². The quantitative estimate of drug-likeness (QED) is 0.647. The van der Waals surface area contributed by atoms with Crippen molar-refractivity contribution in [3.05, 3.63) is 17.2 Å². The molecule has 2 aromatic rings. The molecule has 0 saturated carbocycles. The van der Waals surface area contributed by atoms with Crippen molar-refractivity contribution in [2.45, 2.75) is 31.3 Å². The predicted molar refractivity (Wildman–Crippen MR) is 66.8 cm³/mol. The molecule has 0 aliphatic rings. The number of furan rings is 2. The summed E-state index contributed by atoms with van der Waals surface area (Å²) in [6.07, 6.45) is 0. The van der Waals surface area contributed by atoms with Crippen LogP contribution in [0.1, 0.15) is 41.5 Å². The van der Waals surface area contributed by atoms with Crippen molar-refractivity contribution in [1.82, 2.24) is 0 Å². The number of thiol groups is 1. The molecule has 0 aliphatic heterocycles. The maximum absolute atomic E-state index is 12.0. The van der Waals surface area contributed by atoms with Crippen LogP contribution in [-0.2, 0) is 4.74 Å². The number of aromatic carboxylic acids is 1. The van der Waals surface area contributed by atoms with Crippen molar-refractivity contribution in [1.29, 1.82) is 0 Å². The molecule has 2 heterocycles. The van der Waals surface area contributed by atoms with Gasteiger partial charge >= 0.3 is 11.9 Å². The van der Waals surface area contributed by atoms with E-state index in [1.165, 1.54) is 6.07 Å². The minimum Gasteiger partial charge on any atom is -0.478 e. The fourth-order valence-electron chi connectivity index (χ4n) is 1.66. The molecule has 0 fully saturated rings. The number of fused-ring (bicyclic) bond motifs is 2. The molecule has 0 unspecified atom stereocenters. The van der Waals surface area contributed by atoms with Crippen LogP contribution < -0.4 is 0 Å². The number of carbonyl (C=O) groups excluding carboxylic acids is 1. The Balaban J connectivity index is 2.52. The summed E-state index contributed by atoms with van der Waals surface area (Å²) in [6, 6.07) is 1.50. The van der Waals surface area contributed by atoms with Crippen LogP contribution in [0.4, 0.5) is 0 Å².